The smallest absolute Gasteiger partial charge is 0.291 e. The lowest BCUT2D eigenvalue weighted by atomic mass is 10.3. The highest BCUT2D eigenvalue weighted by atomic mass is 127. The Bertz CT molecular complexity index is 523. The van der Waals surface area contributed by atoms with Gasteiger partial charge in [0.25, 0.3) is 5.91 Å². The quantitative estimate of drug-likeness (QED) is 0.872. The summed E-state index contributed by atoms with van der Waals surface area (Å²) in [6.45, 7) is 0. The lowest BCUT2D eigenvalue weighted by Crippen LogP contribution is -2.11. The molecule has 1 aromatic heterocycles. The van der Waals surface area contributed by atoms with Gasteiger partial charge in [0.05, 0.1) is 19.1 Å². The van der Waals surface area contributed by atoms with Crippen molar-refractivity contribution < 1.29 is 13.9 Å². The van der Waals surface area contributed by atoms with E-state index in [1.54, 1.807) is 31.4 Å². The number of halogens is 1. The SMILES string of the molecule is COc1ccc(NC(=O)c2ccco2)c(I)c1. The number of carbonyl (C=O) groups is 1. The van der Waals surface area contributed by atoms with Gasteiger partial charge in [0, 0.05) is 3.57 Å². The minimum Gasteiger partial charge on any atom is -0.497 e. The molecule has 1 heterocycles. The average molecular weight is 343 g/mol. The number of nitrogens with one attached hydrogen (secondary N) is 1. The molecular formula is C12H10INO3. The van der Waals surface area contributed by atoms with Crippen LogP contribution < -0.4 is 10.1 Å². The molecule has 0 fully saturated rings. The van der Waals surface area contributed by atoms with Crippen molar-refractivity contribution in [3.8, 4) is 5.75 Å². The minimum atomic E-state index is -0.266. The van der Waals surface area contributed by atoms with Gasteiger partial charge in [-0.25, -0.2) is 0 Å². The largest absolute Gasteiger partial charge is 0.497 e. The van der Waals surface area contributed by atoms with E-state index in [1.807, 2.05) is 6.07 Å². The number of rotatable bonds is 3. The zero-order valence-corrected chi connectivity index (χ0v) is 11.2. The van der Waals surface area contributed by atoms with Gasteiger partial charge in [-0.2, -0.15) is 0 Å². The average Bonchev–Trinajstić information content (AvgIpc) is 2.85. The van der Waals surface area contributed by atoms with Gasteiger partial charge in [0.1, 0.15) is 5.75 Å². The zero-order valence-electron chi connectivity index (χ0n) is 9.07. The molecule has 1 aromatic carbocycles. The first-order valence-electron chi connectivity index (χ1n) is 4.89. The third-order valence-corrected chi connectivity index (χ3v) is 3.06. The van der Waals surface area contributed by atoms with Crippen molar-refractivity contribution in [1.82, 2.24) is 0 Å². The summed E-state index contributed by atoms with van der Waals surface area (Å²) in [5, 5.41) is 2.77. The van der Waals surface area contributed by atoms with E-state index in [-0.39, 0.29) is 11.7 Å². The normalized spacial score (nSPS) is 10.0. The molecule has 0 bridgehead atoms. The van der Waals surface area contributed by atoms with E-state index in [0.29, 0.717) is 0 Å². The van der Waals surface area contributed by atoms with Crippen molar-refractivity contribution in [2.45, 2.75) is 0 Å². The summed E-state index contributed by atoms with van der Waals surface area (Å²) in [5.41, 5.74) is 0.729. The molecule has 0 spiro atoms. The second-order valence-corrected chi connectivity index (χ2v) is 4.44. The number of hydrogen-bond acceptors (Lipinski definition) is 3. The molecule has 0 aliphatic carbocycles. The Morgan fingerprint density at radius 1 is 1.41 bits per heavy atom. The van der Waals surface area contributed by atoms with Crippen molar-refractivity contribution >= 4 is 34.2 Å². The van der Waals surface area contributed by atoms with E-state index in [9.17, 15) is 4.79 Å². The summed E-state index contributed by atoms with van der Waals surface area (Å²) in [6.07, 6.45) is 1.47. The van der Waals surface area contributed by atoms with Gasteiger partial charge in [-0.1, -0.05) is 0 Å². The molecule has 4 nitrogen and oxygen atoms in total. The molecule has 0 aliphatic heterocycles. The molecule has 0 aliphatic rings. The maximum Gasteiger partial charge on any atom is 0.291 e. The summed E-state index contributed by atoms with van der Waals surface area (Å²) in [4.78, 5) is 11.7. The van der Waals surface area contributed by atoms with Gasteiger partial charge in [0.2, 0.25) is 0 Å². The van der Waals surface area contributed by atoms with Crippen molar-refractivity contribution in [3.63, 3.8) is 0 Å². The fraction of sp³-hybridized carbons (Fsp3) is 0.0833. The van der Waals surface area contributed by atoms with E-state index in [0.717, 1.165) is 15.0 Å². The molecule has 0 atom stereocenters. The Morgan fingerprint density at radius 2 is 2.24 bits per heavy atom. The van der Waals surface area contributed by atoms with Crippen LogP contribution in [0.1, 0.15) is 10.6 Å². The van der Waals surface area contributed by atoms with Gasteiger partial charge in [0.15, 0.2) is 5.76 Å². The third kappa shape index (κ3) is 2.79. The lowest BCUT2D eigenvalue weighted by Gasteiger charge is -2.07. The van der Waals surface area contributed by atoms with Gasteiger partial charge in [-0.15, -0.1) is 0 Å². The number of amides is 1. The van der Waals surface area contributed by atoms with Crippen LogP contribution in [0.25, 0.3) is 0 Å². The fourth-order valence-electron chi connectivity index (χ4n) is 1.32. The molecule has 0 saturated carbocycles. The van der Waals surface area contributed by atoms with E-state index >= 15 is 0 Å². The molecule has 0 radical (unpaired) electrons. The summed E-state index contributed by atoms with van der Waals surface area (Å²) in [6, 6.07) is 8.72. The number of furan rings is 1. The number of hydrogen-bond donors (Lipinski definition) is 1. The molecule has 2 aromatic rings. The van der Waals surface area contributed by atoms with Crippen LogP contribution in [0.2, 0.25) is 0 Å². The molecular weight excluding hydrogens is 333 g/mol. The van der Waals surface area contributed by atoms with Crippen molar-refractivity contribution in [1.29, 1.82) is 0 Å². The van der Waals surface area contributed by atoms with Crippen LogP contribution in [-0.2, 0) is 0 Å². The lowest BCUT2D eigenvalue weighted by molar-refractivity contribution is 0.0996. The van der Waals surface area contributed by atoms with Crippen LogP contribution in [0.15, 0.2) is 41.0 Å². The maximum atomic E-state index is 11.7. The Labute approximate surface area is 112 Å². The topological polar surface area (TPSA) is 51.5 Å². The van der Waals surface area contributed by atoms with Gasteiger partial charge in [-0.05, 0) is 52.9 Å². The van der Waals surface area contributed by atoms with Crippen LogP contribution in [0.4, 0.5) is 5.69 Å². The Balaban J connectivity index is 2.16. The summed E-state index contributed by atoms with van der Waals surface area (Å²) in [7, 11) is 1.60. The fourth-order valence-corrected chi connectivity index (χ4v) is 1.94. The summed E-state index contributed by atoms with van der Waals surface area (Å²) >= 11 is 2.14. The number of benzene rings is 1. The molecule has 1 N–H and O–H groups in total. The first-order chi connectivity index (χ1) is 8.20. The van der Waals surface area contributed by atoms with Gasteiger partial charge in [-0.3, -0.25) is 4.79 Å². The molecule has 0 unspecified atom stereocenters. The Morgan fingerprint density at radius 3 is 2.82 bits per heavy atom. The molecule has 5 heteroatoms. The summed E-state index contributed by atoms with van der Waals surface area (Å²) < 4.78 is 11.0. The first-order valence-corrected chi connectivity index (χ1v) is 5.97. The van der Waals surface area contributed by atoms with Crippen LogP contribution >= 0.6 is 22.6 Å². The molecule has 88 valence electrons. The van der Waals surface area contributed by atoms with E-state index in [4.69, 9.17) is 9.15 Å². The molecule has 17 heavy (non-hydrogen) atoms. The van der Waals surface area contributed by atoms with Crippen LogP contribution in [0.5, 0.6) is 5.75 Å². The van der Waals surface area contributed by atoms with Crippen molar-refractivity contribution in [2.24, 2.45) is 0 Å². The zero-order chi connectivity index (χ0) is 12.3. The highest BCUT2D eigenvalue weighted by Gasteiger charge is 2.10. The van der Waals surface area contributed by atoms with Crippen molar-refractivity contribution in [2.75, 3.05) is 12.4 Å². The van der Waals surface area contributed by atoms with Gasteiger partial charge >= 0.3 is 0 Å². The number of carbonyl (C=O) groups excluding carboxylic acids is 1. The third-order valence-electron chi connectivity index (χ3n) is 2.17. The maximum absolute atomic E-state index is 11.7. The number of methoxy groups -OCH3 is 1. The van der Waals surface area contributed by atoms with E-state index in [2.05, 4.69) is 27.9 Å². The molecule has 0 saturated heterocycles. The predicted molar refractivity (Wildman–Crippen MR) is 72.4 cm³/mol. The highest BCUT2D eigenvalue weighted by Crippen LogP contribution is 2.24. The number of ether oxygens (including phenoxy) is 1. The monoisotopic (exact) mass is 343 g/mol. The second-order valence-electron chi connectivity index (χ2n) is 3.28. The molecule has 1 amide bonds. The second kappa shape index (κ2) is 5.22. The van der Waals surface area contributed by atoms with Crippen molar-refractivity contribution in [3.05, 3.63) is 45.9 Å². The highest BCUT2D eigenvalue weighted by molar-refractivity contribution is 14.1. The van der Waals surface area contributed by atoms with E-state index < -0.39 is 0 Å². The van der Waals surface area contributed by atoms with Gasteiger partial charge < -0.3 is 14.5 Å². The number of anilines is 1. The van der Waals surface area contributed by atoms with Crippen LogP contribution in [0.3, 0.4) is 0 Å². The van der Waals surface area contributed by atoms with E-state index in [1.165, 1.54) is 6.26 Å². The minimum absolute atomic E-state index is 0.266. The van der Waals surface area contributed by atoms with Crippen LogP contribution in [-0.4, -0.2) is 13.0 Å². The van der Waals surface area contributed by atoms with Crippen LogP contribution in [0, 0.1) is 3.57 Å². The Hall–Kier alpha value is -1.50. The first kappa shape index (κ1) is 12.0. The Kier molecular flexibility index (Phi) is 3.68. The standard InChI is InChI=1S/C12H10INO3/c1-16-8-4-5-10(9(13)7-8)14-12(15)11-3-2-6-17-11/h2-7H,1H3,(H,14,15). The molecule has 2 rings (SSSR count). The predicted octanol–water partition coefficient (Wildman–Crippen LogP) is 3.15. The summed E-state index contributed by atoms with van der Waals surface area (Å²) in [5.74, 6) is 0.778.